The minimum absolute atomic E-state index is 0.0596. The zero-order chi connectivity index (χ0) is 42.5. The monoisotopic (exact) mass is 830 g/mol. The van der Waals surface area contributed by atoms with Crippen LogP contribution in [0.4, 0.5) is 0 Å². The van der Waals surface area contributed by atoms with Gasteiger partial charge in [0, 0.05) is 32.2 Å². The van der Waals surface area contributed by atoms with E-state index in [4.69, 9.17) is 23.7 Å². The number of unbranched alkanes of at least 4 members (excludes halogenated alkanes) is 2. The summed E-state index contributed by atoms with van der Waals surface area (Å²) in [5.41, 5.74) is 0. The zero-order valence-corrected chi connectivity index (χ0v) is 34.6. The topological polar surface area (TPSA) is 260 Å². The van der Waals surface area contributed by atoms with Crippen LogP contribution in [0.3, 0.4) is 0 Å². The predicted molar refractivity (Wildman–Crippen MR) is 207 cm³/mol. The second-order valence-electron chi connectivity index (χ2n) is 16.8. The summed E-state index contributed by atoms with van der Waals surface area (Å²) < 4.78 is 31.1. The van der Waals surface area contributed by atoms with Gasteiger partial charge in [-0.3, -0.25) is 14.4 Å². The summed E-state index contributed by atoms with van der Waals surface area (Å²) in [6, 6.07) is -1.28. The molecule has 6 unspecified atom stereocenters. The first kappa shape index (κ1) is 48.3. The Kier molecular flexibility index (Phi) is 19.7. The molecule has 8 N–H and O–H groups in total. The number of ketones is 1. The maximum absolute atomic E-state index is 13.8. The number of aliphatic hydroxyl groups excluding tert-OH is 5. The van der Waals surface area contributed by atoms with Gasteiger partial charge in [-0.15, -0.1) is 0 Å². The van der Waals surface area contributed by atoms with Crippen LogP contribution >= 0.6 is 0 Å². The Labute approximate surface area is 341 Å². The molecule has 17 heteroatoms. The van der Waals surface area contributed by atoms with Crippen molar-refractivity contribution < 1.29 is 73.5 Å². The minimum Gasteiger partial charge on any atom is -0.479 e. The average Bonchev–Trinajstić information content (AvgIpc) is 3.20. The molecule has 2 saturated heterocycles. The maximum Gasteiger partial charge on any atom is 0.332 e. The molecular formula is C41H70N2O15. The molecule has 0 spiro atoms. The molecule has 15 atom stereocenters. The molecule has 2 aliphatic carbocycles. The lowest BCUT2D eigenvalue weighted by Crippen LogP contribution is -2.67. The second kappa shape index (κ2) is 23.6. The second-order valence-corrected chi connectivity index (χ2v) is 16.8. The Bertz CT molecular complexity index is 1300. The molecule has 4 aliphatic rings. The summed E-state index contributed by atoms with van der Waals surface area (Å²) in [5, 5.41) is 69.5. The standard InChI is InChI=1S/C41H70N2O15/c1-5-7-9-16-31(47)42-17-12-15-27(46)26-19-25(6-2)37(58-41-36(51)35(50)33(48)22(3)54-41)28(20-26)56-40-32(43-23(4)45)38(34(49)30(21-44)57-40)55-29(39(52)53)18-24-13-10-8-11-14-24/h22,24-26,28-30,32-38,40-41,44,48-51H,5-21H2,1-4H3,(H,42,47)(H,43,45)(H,52,53)/t22?,25?,26?,28-,29+,30+,32?,33-,34+,35+,36?,37-,38?,40-,41+/m1/s1. The van der Waals surface area contributed by atoms with Gasteiger partial charge in [0.15, 0.2) is 18.7 Å². The number of ether oxygens (including phenoxy) is 5. The van der Waals surface area contributed by atoms with Gasteiger partial charge in [0.05, 0.1) is 24.9 Å². The smallest absolute Gasteiger partial charge is 0.332 e. The van der Waals surface area contributed by atoms with E-state index < -0.39 is 104 Å². The lowest BCUT2D eigenvalue weighted by atomic mass is 9.74. The number of rotatable bonds is 21. The number of carboxylic acid groups (broad SMARTS) is 1. The molecule has 0 radical (unpaired) electrons. The Hall–Kier alpha value is -2.32. The van der Waals surface area contributed by atoms with Crippen LogP contribution < -0.4 is 10.6 Å². The zero-order valence-electron chi connectivity index (χ0n) is 34.6. The van der Waals surface area contributed by atoms with E-state index in [1.165, 1.54) is 13.8 Å². The van der Waals surface area contributed by atoms with E-state index in [0.29, 0.717) is 32.2 Å². The highest BCUT2D eigenvalue weighted by atomic mass is 16.7. The van der Waals surface area contributed by atoms with Crippen molar-refractivity contribution in [2.24, 2.45) is 17.8 Å². The number of aliphatic carboxylic acids is 1. The van der Waals surface area contributed by atoms with Crippen LogP contribution in [-0.4, -0.2) is 147 Å². The molecule has 2 saturated carbocycles. The first-order valence-corrected chi connectivity index (χ1v) is 21.6. The van der Waals surface area contributed by atoms with E-state index in [0.717, 1.165) is 51.4 Å². The summed E-state index contributed by atoms with van der Waals surface area (Å²) in [6.45, 7) is 6.36. The summed E-state index contributed by atoms with van der Waals surface area (Å²) in [5.74, 6) is -2.74. The Morgan fingerprint density at radius 3 is 2.19 bits per heavy atom. The van der Waals surface area contributed by atoms with Gasteiger partial charge in [0.25, 0.3) is 0 Å². The number of carbonyl (C=O) groups is 4. The van der Waals surface area contributed by atoms with Crippen LogP contribution in [0.1, 0.15) is 124 Å². The largest absolute Gasteiger partial charge is 0.479 e. The van der Waals surface area contributed by atoms with Crippen LogP contribution in [0.2, 0.25) is 0 Å². The molecule has 4 fully saturated rings. The van der Waals surface area contributed by atoms with Crippen LogP contribution in [0.5, 0.6) is 0 Å². The fourth-order valence-electron chi connectivity index (χ4n) is 8.94. The summed E-state index contributed by atoms with van der Waals surface area (Å²) in [7, 11) is 0. The minimum atomic E-state index is -1.64. The molecule has 17 nitrogen and oxygen atoms in total. The third-order valence-corrected chi connectivity index (χ3v) is 12.3. The number of Topliss-reactive ketones (excluding diaryl/α,β-unsaturated/α-hetero) is 1. The van der Waals surface area contributed by atoms with E-state index in [2.05, 4.69) is 17.6 Å². The molecular weight excluding hydrogens is 760 g/mol. The number of carbonyl (C=O) groups excluding carboxylic acids is 3. The summed E-state index contributed by atoms with van der Waals surface area (Å²) >= 11 is 0. The van der Waals surface area contributed by atoms with Gasteiger partial charge in [-0.1, -0.05) is 65.2 Å². The van der Waals surface area contributed by atoms with Crippen molar-refractivity contribution >= 4 is 23.6 Å². The molecule has 58 heavy (non-hydrogen) atoms. The van der Waals surface area contributed by atoms with Gasteiger partial charge in [-0.25, -0.2) is 4.79 Å². The number of hydrogen-bond acceptors (Lipinski definition) is 14. The van der Waals surface area contributed by atoms with Crippen molar-refractivity contribution in [3.05, 3.63) is 0 Å². The SMILES string of the molecule is CCCCCC(=O)NCCCC(=O)C1CC(CC)[C@@H](O[C@@H]2OC(C)[C@@H](O)[C@H](O)C2O)[C@H](O[C@@H]2O[C@@H](CO)[C@H](O)C(O[C@@H](CC3CCCCC3)C(=O)O)C2NC(C)=O)C1. The molecule has 2 aliphatic heterocycles. The van der Waals surface area contributed by atoms with Gasteiger partial charge in [0.1, 0.15) is 48.4 Å². The molecule has 2 heterocycles. The van der Waals surface area contributed by atoms with Crippen molar-refractivity contribution in [3.63, 3.8) is 0 Å². The molecule has 2 amide bonds. The van der Waals surface area contributed by atoms with Crippen molar-refractivity contribution in [1.82, 2.24) is 10.6 Å². The first-order chi connectivity index (χ1) is 27.7. The summed E-state index contributed by atoms with van der Waals surface area (Å²) in [4.78, 5) is 51.3. The number of nitrogens with one attached hydrogen (secondary N) is 2. The quantitative estimate of drug-likeness (QED) is 0.0762. The van der Waals surface area contributed by atoms with Crippen molar-refractivity contribution in [3.8, 4) is 0 Å². The van der Waals surface area contributed by atoms with Crippen LogP contribution in [-0.2, 0) is 42.9 Å². The lowest BCUT2D eigenvalue weighted by molar-refractivity contribution is -0.338. The predicted octanol–water partition coefficient (Wildman–Crippen LogP) is 1.46. The van der Waals surface area contributed by atoms with Crippen molar-refractivity contribution in [2.75, 3.05) is 13.2 Å². The molecule has 334 valence electrons. The van der Waals surface area contributed by atoms with Gasteiger partial charge in [-0.2, -0.15) is 0 Å². The van der Waals surface area contributed by atoms with Crippen LogP contribution in [0, 0.1) is 17.8 Å². The third-order valence-electron chi connectivity index (χ3n) is 12.3. The van der Waals surface area contributed by atoms with E-state index in [-0.39, 0.29) is 42.8 Å². The van der Waals surface area contributed by atoms with Gasteiger partial charge < -0.3 is 65.0 Å². The highest BCUT2D eigenvalue weighted by molar-refractivity contribution is 5.81. The number of carboxylic acids is 1. The van der Waals surface area contributed by atoms with Crippen molar-refractivity contribution in [2.45, 2.75) is 204 Å². The Morgan fingerprint density at radius 1 is 0.828 bits per heavy atom. The normalized spacial score (nSPS) is 36.5. The van der Waals surface area contributed by atoms with Crippen LogP contribution in [0.15, 0.2) is 0 Å². The van der Waals surface area contributed by atoms with Gasteiger partial charge in [0.2, 0.25) is 11.8 Å². The Morgan fingerprint density at radius 2 is 1.55 bits per heavy atom. The van der Waals surface area contributed by atoms with Gasteiger partial charge >= 0.3 is 5.97 Å². The van der Waals surface area contributed by atoms with E-state index in [1.807, 2.05) is 6.92 Å². The number of aliphatic hydroxyl groups is 5. The maximum atomic E-state index is 13.8. The average molecular weight is 831 g/mol. The van der Waals surface area contributed by atoms with Crippen LogP contribution in [0.25, 0.3) is 0 Å². The van der Waals surface area contributed by atoms with E-state index in [9.17, 15) is 49.8 Å². The molecule has 0 aromatic carbocycles. The molecule has 0 aromatic heterocycles. The van der Waals surface area contributed by atoms with E-state index >= 15 is 0 Å². The number of hydrogen-bond donors (Lipinski definition) is 8. The lowest BCUT2D eigenvalue weighted by Gasteiger charge is -2.49. The molecule has 4 rings (SSSR count). The molecule has 0 aromatic rings. The summed E-state index contributed by atoms with van der Waals surface area (Å²) in [6.07, 6.45) is -6.27. The molecule has 0 bridgehead atoms. The fraction of sp³-hybridized carbons (Fsp3) is 0.902. The first-order valence-electron chi connectivity index (χ1n) is 21.6. The van der Waals surface area contributed by atoms with E-state index in [1.54, 1.807) is 0 Å². The van der Waals surface area contributed by atoms with Gasteiger partial charge in [-0.05, 0) is 50.9 Å². The fourth-order valence-corrected chi connectivity index (χ4v) is 8.94. The number of amides is 2. The van der Waals surface area contributed by atoms with Crippen molar-refractivity contribution in [1.29, 1.82) is 0 Å². The highest BCUT2D eigenvalue weighted by Gasteiger charge is 2.52. The Balaban J connectivity index is 1.60. The highest BCUT2D eigenvalue weighted by Crippen LogP contribution is 2.40. The third kappa shape index (κ3) is 13.3.